The molecule has 0 bridgehead atoms. The molecule has 0 saturated carbocycles. The van der Waals surface area contributed by atoms with Crippen molar-refractivity contribution < 1.29 is 17.9 Å². The smallest absolute Gasteiger partial charge is 0.244 e. The van der Waals surface area contributed by atoms with Crippen LogP contribution in [0.3, 0.4) is 0 Å². The molecule has 1 amide bonds. The van der Waals surface area contributed by atoms with Gasteiger partial charge in [-0.05, 0) is 63.4 Å². The molecule has 168 valence electrons. The number of ether oxygens (including phenoxy) is 1. The third-order valence-corrected chi connectivity index (χ3v) is 6.71. The molecule has 3 rings (SSSR count). The lowest BCUT2D eigenvalue weighted by Gasteiger charge is -2.39. The average molecular weight is 445 g/mol. The Balaban J connectivity index is 1.95. The van der Waals surface area contributed by atoms with Gasteiger partial charge in [-0.15, -0.1) is 0 Å². The predicted molar refractivity (Wildman–Crippen MR) is 124 cm³/mol. The molecule has 0 spiro atoms. The van der Waals surface area contributed by atoms with E-state index in [1.165, 1.54) is 4.31 Å². The van der Waals surface area contributed by atoms with Crippen LogP contribution in [0.4, 0.5) is 5.69 Å². The van der Waals surface area contributed by atoms with Gasteiger partial charge in [-0.2, -0.15) is 0 Å². The summed E-state index contributed by atoms with van der Waals surface area (Å²) in [7, 11) is -3.67. The van der Waals surface area contributed by atoms with Gasteiger partial charge in [-0.3, -0.25) is 9.10 Å². The fraction of sp³-hybridized carbons (Fsp3) is 0.458. The number of nitrogens with one attached hydrogen (secondary N) is 1. The van der Waals surface area contributed by atoms with Gasteiger partial charge in [0.1, 0.15) is 17.4 Å². The summed E-state index contributed by atoms with van der Waals surface area (Å²) in [5.41, 5.74) is 2.96. The Kier molecular flexibility index (Phi) is 6.37. The van der Waals surface area contributed by atoms with Gasteiger partial charge in [0.05, 0.1) is 18.0 Å². The van der Waals surface area contributed by atoms with Crippen LogP contribution in [-0.4, -0.2) is 32.2 Å². The second-order valence-corrected chi connectivity index (χ2v) is 10.8. The standard InChI is InChI=1S/C24H32N2O4S/c1-7-21(26(31(6,28)29)18-10-8-9-16(2)13-18)23(27)25-20-15-24(4,5)30-22-14-17(3)11-12-19(20)22/h8-14,20-21H,7,15H2,1-6H3,(H,25,27)/t20-,21-/m1/s1. The summed E-state index contributed by atoms with van der Waals surface area (Å²) in [6.07, 6.45) is 2.08. The van der Waals surface area contributed by atoms with E-state index in [-0.39, 0.29) is 11.9 Å². The van der Waals surface area contributed by atoms with Crippen LogP contribution in [0.15, 0.2) is 42.5 Å². The van der Waals surface area contributed by atoms with Crippen LogP contribution in [0.5, 0.6) is 5.75 Å². The number of sulfonamides is 1. The zero-order valence-electron chi connectivity index (χ0n) is 19.1. The van der Waals surface area contributed by atoms with Gasteiger partial charge in [0, 0.05) is 12.0 Å². The van der Waals surface area contributed by atoms with E-state index in [1.54, 1.807) is 18.2 Å². The zero-order chi connectivity index (χ0) is 23.0. The lowest BCUT2D eigenvalue weighted by Crippen LogP contribution is -2.51. The third kappa shape index (κ3) is 5.21. The van der Waals surface area contributed by atoms with E-state index in [2.05, 4.69) is 5.32 Å². The molecule has 6 nitrogen and oxygen atoms in total. The van der Waals surface area contributed by atoms with Crippen LogP contribution in [0.1, 0.15) is 56.3 Å². The van der Waals surface area contributed by atoms with Crippen molar-refractivity contribution in [2.75, 3.05) is 10.6 Å². The van der Waals surface area contributed by atoms with Gasteiger partial charge < -0.3 is 10.1 Å². The normalized spacial score (nSPS) is 18.5. The summed E-state index contributed by atoms with van der Waals surface area (Å²) in [5, 5.41) is 3.11. The molecule has 1 N–H and O–H groups in total. The SMILES string of the molecule is CC[C@H](C(=O)N[C@@H]1CC(C)(C)Oc2cc(C)ccc21)N(c1cccc(C)c1)S(C)(=O)=O. The van der Waals surface area contributed by atoms with E-state index in [0.717, 1.165) is 28.7 Å². The number of aryl methyl sites for hydroxylation is 2. The number of benzene rings is 2. The first kappa shape index (κ1) is 23.1. The minimum atomic E-state index is -3.67. The Morgan fingerprint density at radius 1 is 1.19 bits per heavy atom. The van der Waals surface area contributed by atoms with Crippen LogP contribution < -0.4 is 14.4 Å². The Morgan fingerprint density at radius 3 is 2.48 bits per heavy atom. The molecule has 0 aliphatic carbocycles. The number of carbonyl (C=O) groups excluding carboxylic acids is 1. The highest BCUT2D eigenvalue weighted by molar-refractivity contribution is 7.92. The highest BCUT2D eigenvalue weighted by Crippen LogP contribution is 2.40. The van der Waals surface area contributed by atoms with E-state index < -0.39 is 21.7 Å². The van der Waals surface area contributed by atoms with Crippen molar-refractivity contribution in [3.05, 3.63) is 59.2 Å². The summed E-state index contributed by atoms with van der Waals surface area (Å²) >= 11 is 0. The molecule has 7 heteroatoms. The van der Waals surface area contributed by atoms with Crippen LogP contribution in [0.2, 0.25) is 0 Å². The average Bonchev–Trinajstić information content (AvgIpc) is 2.63. The summed E-state index contributed by atoms with van der Waals surface area (Å²) in [4.78, 5) is 13.4. The molecule has 0 fully saturated rings. The molecule has 31 heavy (non-hydrogen) atoms. The number of fused-ring (bicyclic) bond motifs is 1. The number of carbonyl (C=O) groups is 1. The summed E-state index contributed by atoms with van der Waals surface area (Å²) in [5.74, 6) is 0.442. The number of nitrogens with zero attached hydrogens (tertiary/aromatic N) is 1. The van der Waals surface area contributed by atoms with E-state index in [4.69, 9.17) is 4.74 Å². The molecule has 2 aromatic rings. The molecule has 0 unspecified atom stereocenters. The van der Waals surface area contributed by atoms with Gasteiger partial charge in [0.25, 0.3) is 0 Å². The first-order valence-corrected chi connectivity index (χ1v) is 12.4. The maximum absolute atomic E-state index is 13.4. The minimum Gasteiger partial charge on any atom is -0.487 e. The molecular formula is C24H32N2O4S. The molecule has 2 atom stereocenters. The zero-order valence-corrected chi connectivity index (χ0v) is 19.9. The Labute approximate surface area is 185 Å². The molecule has 2 aromatic carbocycles. The maximum Gasteiger partial charge on any atom is 0.244 e. The summed E-state index contributed by atoms with van der Waals surface area (Å²) < 4.78 is 32.8. The van der Waals surface area contributed by atoms with E-state index in [0.29, 0.717) is 18.5 Å². The van der Waals surface area contributed by atoms with Gasteiger partial charge in [-0.1, -0.05) is 31.2 Å². The summed E-state index contributed by atoms with van der Waals surface area (Å²) in [6.45, 7) is 9.70. The lowest BCUT2D eigenvalue weighted by atomic mass is 9.89. The Hall–Kier alpha value is -2.54. The highest BCUT2D eigenvalue weighted by Gasteiger charge is 2.37. The van der Waals surface area contributed by atoms with Crippen molar-refractivity contribution in [3.8, 4) is 5.75 Å². The first-order valence-electron chi connectivity index (χ1n) is 10.6. The van der Waals surface area contributed by atoms with Gasteiger partial charge in [-0.25, -0.2) is 8.42 Å². The lowest BCUT2D eigenvalue weighted by molar-refractivity contribution is -0.123. The number of hydrogen-bond donors (Lipinski definition) is 1. The predicted octanol–water partition coefficient (Wildman–Crippen LogP) is 4.27. The van der Waals surface area contributed by atoms with Gasteiger partial charge in [0.2, 0.25) is 15.9 Å². The van der Waals surface area contributed by atoms with E-state index >= 15 is 0 Å². The fourth-order valence-corrected chi connectivity index (χ4v) is 5.38. The molecule has 1 aliphatic heterocycles. The molecular weight excluding hydrogens is 412 g/mol. The van der Waals surface area contributed by atoms with E-state index in [9.17, 15) is 13.2 Å². The second kappa shape index (κ2) is 8.54. The summed E-state index contributed by atoms with van der Waals surface area (Å²) in [6, 6.07) is 12.0. The van der Waals surface area contributed by atoms with Crippen LogP contribution >= 0.6 is 0 Å². The highest BCUT2D eigenvalue weighted by atomic mass is 32.2. The third-order valence-electron chi connectivity index (χ3n) is 5.53. The van der Waals surface area contributed by atoms with Crippen LogP contribution in [0, 0.1) is 13.8 Å². The molecule has 1 aliphatic rings. The number of rotatable bonds is 6. The molecule has 0 saturated heterocycles. The number of hydrogen-bond acceptors (Lipinski definition) is 4. The van der Waals surface area contributed by atoms with Crippen molar-refractivity contribution in [2.24, 2.45) is 0 Å². The largest absolute Gasteiger partial charge is 0.487 e. The quantitative estimate of drug-likeness (QED) is 0.722. The minimum absolute atomic E-state index is 0.264. The maximum atomic E-state index is 13.4. The van der Waals surface area contributed by atoms with Crippen molar-refractivity contribution in [2.45, 2.75) is 65.1 Å². The van der Waals surface area contributed by atoms with Crippen molar-refractivity contribution in [1.82, 2.24) is 5.32 Å². The molecule has 0 aromatic heterocycles. The topological polar surface area (TPSA) is 75.7 Å². The van der Waals surface area contributed by atoms with Crippen molar-refractivity contribution >= 4 is 21.6 Å². The van der Waals surface area contributed by atoms with Crippen molar-refractivity contribution in [3.63, 3.8) is 0 Å². The fourth-order valence-electron chi connectivity index (χ4n) is 4.18. The molecule has 0 radical (unpaired) electrons. The number of amides is 1. The monoisotopic (exact) mass is 444 g/mol. The molecule has 1 heterocycles. The first-order chi connectivity index (χ1) is 14.4. The van der Waals surface area contributed by atoms with Crippen LogP contribution in [0.25, 0.3) is 0 Å². The second-order valence-electron chi connectivity index (χ2n) is 8.99. The van der Waals surface area contributed by atoms with Gasteiger partial charge >= 0.3 is 0 Å². The Morgan fingerprint density at radius 2 is 1.87 bits per heavy atom. The van der Waals surface area contributed by atoms with Gasteiger partial charge in [0.15, 0.2) is 0 Å². The van der Waals surface area contributed by atoms with Crippen LogP contribution in [-0.2, 0) is 14.8 Å². The number of anilines is 1. The Bertz CT molecular complexity index is 1080. The van der Waals surface area contributed by atoms with Crippen molar-refractivity contribution in [1.29, 1.82) is 0 Å². The van der Waals surface area contributed by atoms with E-state index in [1.807, 2.05) is 58.9 Å².